The average molecular weight is 988 g/mol. The summed E-state index contributed by atoms with van der Waals surface area (Å²) in [6.07, 6.45) is -8.50. The normalized spacial score (nSPS) is 10.6. The van der Waals surface area contributed by atoms with Crippen molar-refractivity contribution in [2.24, 2.45) is 10.9 Å². The number of halogens is 13. The molecule has 4 rings (SSSR count). The Balaban J connectivity index is 0.000000923. The van der Waals surface area contributed by atoms with Gasteiger partial charge in [0.05, 0.1) is 63.7 Å². The highest BCUT2D eigenvalue weighted by atomic mass is 35.5. The molecule has 0 radical (unpaired) electrons. The maximum Gasteiger partial charge on any atom is 0.455 e. The molecule has 1 heterocycles. The number of aromatic nitrogens is 2. The monoisotopic (exact) mass is 986 g/mol. The molecule has 0 saturated heterocycles. The second-order valence-electron chi connectivity index (χ2n) is 11.2. The molecule has 1 aromatic heterocycles. The molecule has 0 saturated carbocycles. The van der Waals surface area contributed by atoms with Crippen molar-refractivity contribution in [1.82, 2.24) is 9.78 Å². The SMILES string of the molecule is CCOC(=O)c1cc(-n2ncc(C(F)(F)F)c(C)c2=O)c(F)cc1Cl.CCOC(=O)c1cc(N/N=C/C(=O)C(F)(F)F)c(F)cc1Cl.CCc1cc(NN)c(F)cc1Cl.Cl.O=C=O. The van der Waals surface area contributed by atoms with Crippen molar-refractivity contribution >= 4 is 88.7 Å². The molecule has 0 aliphatic carbocycles. The zero-order valence-corrected chi connectivity index (χ0v) is 35.5. The number of nitrogens with two attached hydrogens (primary N) is 1. The van der Waals surface area contributed by atoms with Gasteiger partial charge in [-0.15, -0.1) is 12.4 Å². The maximum absolute atomic E-state index is 14.2. The number of nitrogen functional groups attached to an aromatic ring is 1. The van der Waals surface area contributed by atoms with Crippen molar-refractivity contribution in [2.75, 3.05) is 24.1 Å². The van der Waals surface area contributed by atoms with Gasteiger partial charge in [-0.2, -0.15) is 50.8 Å². The van der Waals surface area contributed by atoms with E-state index in [1.807, 2.05) is 12.3 Å². The average Bonchev–Trinajstić information content (AvgIpc) is 3.17. The van der Waals surface area contributed by atoms with Crippen molar-refractivity contribution in [3.05, 3.63) is 113 Å². The fourth-order valence-corrected chi connectivity index (χ4v) is 5.01. The Labute approximate surface area is 370 Å². The minimum Gasteiger partial charge on any atom is -0.462 e. The van der Waals surface area contributed by atoms with Gasteiger partial charge in [-0.3, -0.25) is 20.9 Å². The molecule has 0 atom stereocenters. The third-order valence-electron chi connectivity index (χ3n) is 7.16. The Morgan fingerprint density at radius 1 is 0.825 bits per heavy atom. The van der Waals surface area contributed by atoms with Gasteiger partial charge < -0.3 is 14.9 Å². The molecule has 14 nitrogen and oxygen atoms in total. The number of Topliss-reactive ketones (excluding diaryl/α,β-unsaturated/α-hetero) is 1. The topological polar surface area (TPSA) is 201 Å². The standard InChI is InChI=1S/C15H11ClF4N2O3.C12H9ClF4N2O3.C8H10ClFN2.CO2.ClH/c1-3-25-14(24)8-4-12(11(17)5-10(8)16)22-13(23)7(2)9(6-21-22)15(18,19)20;1-2-22-11(21)6-3-9(8(14)4-7(6)13)19-18-5-10(20)12(15,16)17;1-2-5-3-8(12-11)7(10)4-6(5)9;2-1-3;/h4-6H,3H2,1-2H3;3-5,19H,2H2,1H3;3-4,12H,2,11H2,1H3;;1H/b;18-5+;;;. The van der Waals surface area contributed by atoms with Crippen LogP contribution in [0.15, 0.2) is 52.5 Å². The first kappa shape index (κ1) is 57.3. The van der Waals surface area contributed by atoms with Crippen molar-refractivity contribution in [3.8, 4) is 5.69 Å². The van der Waals surface area contributed by atoms with E-state index in [-0.39, 0.29) is 64.8 Å². The van der Waals surface area contributed by atoms with E-state index in [1.54, 1.807) is 19.9 Å². The number of benzene rings is 3. The summed E-state index contributed by atoms with van der Waals surface area (Å²) in [4.78, 5) is 62.3. The number of nitrogens with one attached hydrogen (secondary N) is 2. The van der Waals surface area contributed by atoms with Gasteiger partial charge in [0.15, 0.2) is 5.82 Å². The van der Waals surface area contributed by atoms with Gasteiger partial charge in [-0.05, 0) is 69.2 Å². The predicted molar refractivity (Wildman–Crippen MR) is 212 cm³/mol. The van der Waals surface area contributed by atoms with Crippen molar-refractivity contribution in [1.29, 1.82) is 0 Å². The second-order valence-corrected chi connectivity index (χ2v) is 12.4. The molecule has 27 heteroatoms. The number of hydrazine groups is 1. The number of hydrazone groups is 1. The zero-order valence-electron chi connectivity index (χ0n) is 32.4. The molecule has 4 aromatic rings. The van der Waals surface area contributed by atoms with Gasteiger partial charge in [0.25, 0.3) is 11.3 Å². The van der Waals surface area contributed by atoms with Crippen LogP contribution in [0.5, 0.6) is 0 Å². The minimum atomic E-state index is -5.08. The Kier molecular flexibility index (Phi) is 23.7. The van der Waals surface area contributed by atoms with Crippen LogP contribution in [0.25, 0.3) is 5.69 Å². The smallest absolute Gasteiger partial charge is 0.455 e. The summed E-state index contributed by atoms with van der Waals surface area (Å²) >= 11 is 17.2. The number of alkyl halides is 6. The molecular formula is C36H31Cl4F9N6O8. The van der Waals surface area contributed by atoms with Gasteiger partial charge >= 0.3 is 30.4 Å². The molecular weight excluding hydrogens is 957 g/mol. The van der Waals surface area contributed by atoms with E-state index in [9.17, 15) is 58.7 Å². The van der Waals surface area contributed by atoms with Crippen LogP contribution in [0.2, 0.25) is 15.1 Å². The third kappa shape index (κ3) is 16.8. The fraction of sp³-hybridized carbons (Fsp3) is 0.250. The number of hydrogen-bond donors (Lipinski definition) is 3. The van der Waals surface area contributed by atoms with Crippen LogP contribution in [-0.2, 0) is 36.5 Å². The van der Waals surface area contributed by atoms with Crippen molar-refractivity contribution in [2.45, 2.75) is 46.5 Å². The van der Waals surface area contributed by atoms with E-state index >= 15 is 0 Å². The number of carbonyl (C=O) groups excluding carboxylic acids is 5. The summed E-state index contributed by atoms with van der Waals surface area (Å²) in [6, 6.07) is 6.19. The number of hydrogen-bond acceptors (Lipinski definition) is 13. The highest BCUT2D eigenvalue weighted by Gasteiger charge is 2.37. The summed E-state index contributed by atoms with van der Waals surface area (Å²) in [5.41, 5.74) is 0.832. The van der Waals surface area contributed by atoms with Gasteiger partial charge in [0.2, 0.25) is 0 Å². The molecule has 4 N–H and O–H groups in total. The first-order valence-electron chi connectivity index (χ1n) is 16.7. The Bertz CT molecular complexity index is 2350. The molecule has 0 fully saturated rings. The summed E-state index contributed by atoms with van der Waals surface area (Å²) in [7, 11) is 0. The van der Waals surface area contributed by atoms with E-state index in [4.69, 9.17) is 55.0 Å². The van der Waals surface area contributed by atoms with Crippen LogP contribution in [0.4, 0.5) is 50.9 Å². The number of rotatable bonds is 10. The molecule has 0 aliphatic rings. The van der Waals surface area contributed by atoms with Crippen LogP contribution in [0.1, 0.15) is 58.2 Å². The van der Waals surface area contributed by atoms with Gasteiger partial charge in [-0.1, -0.05) is 41.7 Å². The summed E-state index contributed by atoms with van der Waals surface area (Å²) in [6.45, 7) is 6.05. The van der Waals surface area contributed by atoms with Crippen LogP contribution in [0, 0.1) is 24.4 Å². The molecule has 344 valence electrons. The molecule has 3 aromatic carbocycles. The highest BCUT2D eigenvalue weighted by Crippen LogP contribution is 2.31. The van der Waals surface area contributed by atoms with Crippen LogP contribution in [0.3, 0.4) is 0 Å². The van der Waals surface area contributed by atoms with Crippen LogP contribution >= 0.6 is 47.2 Å². The lowest BCUT2D eigenvalue weighted by atomic mass is 10.1. The van der Waals surface area contributed by atoms with E-state index < -0.39 is 75.6 Å². The zero-order chi connectivity index (χ0) is 47.7. The molecule has 0 aliphatic heterocycles. The maximum atomic E-state index is 14.2. The molecule has 63 heavy (non-hydrogen) atoms. The van der Waals surface area contributed by atoms with Gasteiger partial charge in [-0.25, -0.2) is 22.8 Å². The van der Waals surface area contributed by atoms with Crippen LogP contribution in [-0.4, -0.2) is 59.3 Å². The number of esters is 2. The highest BCUT2D eigenvalue weighted by molar-refractivity contribution is 6.34. The number of carbonyl (C=O) groups is 3. The van der Waals surface area contributed by atoms with E-state index in [1.165, 1.54) is 6.07 Å². The summed E-state index contributed by atoms with van der Waals surface area (Å²) in [5, 5.41) is 6.26. The largest absolute Gasteiger partial charge is 0.462 e. The quantitative estimate of drug-likeness (QED) is 0.0449. The molecule has 0 amide bonds. The molecule has 0 bridgehead atoms. The Morgan fingerprint density at radius 3 is 1.76 bits per heavy atom. The minimum absolute atomic E-state index is 0. The van der Waals surface area contributed by atoms with E-state index in [2.05, 4.69) is 20.4 Å². The second kappa shape index (κ2) is 26.0. The first-order chi connectivity index (χ1) is 28.8. The number of anilines is 2. The number of aryl methyl sites for hydroxylation is 1. The third-order valence-corrected chi connectivity index (χ3v) is 8.13. The lowest BCUT2D eigenvalue weighted by Gasteiger charge is -2.13. The number of ketones is 1. The summed E-state index contributed by atoms with van der Waals surface area (Å²) < 4.78 is 125. The van der Waals surface area contributed by atoms with Gasteiger partial charge in [0, 0.05) is 10.6 Å². The number of ether oxygens (including phenoxy) is 2. The Hall–Kier alpha value is -5.71. The van der Waals surface area contributed by atoms with Gasteiger partial charge in [0.1, 0.15) is 17.3 Å². The lowest BCUT2D eigenvalue weighted by Crippen LogP contribution is -2.28. The van der Waals surface area contributed by atoms with Crippen molar-refractivity contribution < 1.29 is 73.0 Å². The van der Waals surface area contributed by atoms with E-state index in [0.29, 0.717) is 15.9 Å². The summed E-state index contributed by atoms with van der Waals surface area (Å²) in [5.74, 6) is -1.29. The van der Waals surface area contributed by atoms with Crippen molar-refractivity contribution in [3.63, 3.8) is 0 Å². The first-order valence-corrected chi connectivity index (χ1v) is 17.8. The number of nitrogens with zero attached hydrogens (tertiary/aromatic N) is 3. The van der Waals surface area contributed by atoms with Crippen LogP contribution < -0.4 is 22.3 Å². The lowest BCUT2D eigenvalue weighted by molar-refractivity contribution is -0.191. The van der Waals surface area contributed by atoms with E-state index in [0.717, 1.165) is 43.2 Å². The molecule has 0 spiro atoms. The predicted octanol–water partition coefficient (Wildman–Crippen LogP) is 8.88. The Morgan fingerprint density at radius 2 is 1.30 bits per heavy atom. The fourth-order valence-electron chi connectivity index (χ4n) is 4.27. The molecule has 0 unspecified atom stereocenters.